The number of hydrogen-bond donors (Lipinski definition) is 0. The topological polar surface area (TPSA) is 111 Å². The maximum atomic E-state index is 12.7. The minimum Gasteiger partial charge on any atom is -0.756 e. The van der Waals surface area contributed by atoms with Crippen LogP contribution in [0.15, 0.2) is 36.5 Å². The third-order valence-electron chi connectivity index (χ3n) is 10.4. The molecule has 59 heavy (non-hydrogen) atoms. The molecule has 9 nitrogen and oxygen atoms in total. The van der Waals surface area contributed by atoms with E-state index in [2.05, 4.69) is 50.3 Å². The van der Waals surface area contributed by atoms with Gasteiger partial charge in [-0.25, -0.2) is 0 Å². The second-order valence-corrected chi connectivity index (χ2v) is 18.9. The fourth-order valence-electron chi connectivity index (χ4n) is 6.56. The van der Waals surface area contributed by atoms with Crippen molar-refractivity contribution in [2.45, 2.75) is 219 Å². The molecule has 0 fully saturated rings. The summed E-state index contributed by atoms with van der Waals surface area (Å²) in [5.74, 6) is -0.844. The van der Waals surface area contributed by atoms with Gasteiger partial charge < -0.3 is 27.9 Å². The first-order valence-electron chi connectivity index (χ1n) is 24.2. The van der Waals surface area contributed by atoms with Crippen molar-refractivity contribution in [1.29, 1.82) is 0 Å². The van der Waals surface area contributed by atoms with Crippen LogP contribution in [0.3, 0.4) is 0 Å². The van der Waals surface area contributed by atoms with E-state index in [4.69, 9.17) is 18.5 Å². The largest absolute Gasteiger partial charge is 0.756 e. The van der Waals surface area contributed by atoms with Crippen LogP contribution in [0.25, 0.3) is 0 Å². The predicted octanol–water partition coefficient (Wildman–Crippen LogP) is 13.5. The monoisotopic (exact) mass is 854 g/mol. The molecule has 0 N–H and O–H groups in total. The first kappa shape index (κ1) is 57.2. The number of hydrogen-bond acceptors (Lipinski definition) is 8. The average Bonchev–Trinajstić information content (AvgIpc) is 3.19. The van der Waals surface area contributed by atoms with E-state index in [1.54, 1.807) is 0 Å². The molecule has 10 heteroatoms. The molecule has 1 unspecified atom stereocenters. The molecule has 0 saturated carbocycles. The molecule has 0 saturated heterocycles. The molecule has 0 spiro atoms. The van der Waals surface area contributed by atoms with Gasteiger partial charge in [-0.3, -0.25) is 14.2 Å². The predicted molar refractivity (Wildman–Crippen MR) is 245 cm³/mol. The summed E-state index contributed by atoms with van der Waals surface area (Å²) in [5.41, 5.74) is 0. The maximum Gasteiger partial charge on any atom is 0.306 e. The standard InChI is InChI=1S/C49H92NO8P/c1-6-8-10-12-14-16-18-20-22-24-25-26-28-29-31-33-35-37-39-41-48(51)55-45-47(46-57-59(53,54)56-44-43-50(3,4)5)58-49(52)42-40-38-36-34-32-30-27-23-21-19-17-15-13-11-9-7-2/h14,16,20,22-23,27,47H,6-13,15,17-19,21,24-26,28-46H2,1-5H3/b16-14-,22-20-,27-23-/t47-/m1/s1. The lowest BCUT2D eigenvalue weighted by Gasteiger charge is -2.28. The second-order valence-electron chi connectivity index (χ2n) is 17.5. The number of likely N-dealkylation sites (N-methyl/N-ethyl adjacent to an activating group) is 1. The van der Waals surface area contributed by atoms with Gasteiger partial charge in [0.05, 0.1) is 27.7 Å². The van der Waals surface area contributed by atoms with Crippen molar-refractivity contribution in [3.8, 4) is 0 Å². The quantitative estimate of drug-likeness (QED) is 0.0196. The number of ether oxygens (including phenoxy) is 2. The Hall–Kier alpha value is -1.77. The lowest BCUT2D eigenvalue weighted by Crippen LogP contribution is -2.37. The Morgan fingerprint density at radius 2 is 0.915 bits per heavy atom. The van der Waals surface area contributed by atoms with Gasteiger partial charge in [-0.05, 0) is 70.6 Å². The second kappa shape index (κ2) is 41.6. The lowest BCUT2D eigenvalue weighted by atomic mass is 10.1. The van der Waals surface area contributed by atoms with Gasteiger partial charge in [-0.2, -0.15) is 0 Å². The fourth-order valence-corrected chi connectivity index (χ4v) is 7.29. The van der Waals surface area contributed by atoms with E-state index < -0.39 is 26.5 Å². The summed E-state index contributed by atoms with van der Waals surface area (Å²) < 4.78 is 34.0. The highest BCUT2D eigenvalue weighted by molar-refractivity contribution is 7.45. The summed E-state index contributed by atoms with van der Waals surface area (Å²) in [5, 5.41) is 0. The number of unbranched alkanes of at least 4 members (excludes halogenated alkanes) is 24. The van der Waals surface area contributed by atoms with Crippen LogP contribution in [0, 0.1) is 0 Å². The molecule has 0 bridgehead atoms. The molecule has 0 aromatic carbocycles. The number of phosphoric ester groups is 1. The summed E-state index contributed by atoms with van der Waals surface area (Å²) in [4.78, 5) is 37.6. The maximum absolute atomic E-state index is 12.7. The van der Waals surface area contributed by atoms with Crippen molar-refractivity contribution in [3.63, 3.8) is 0 Å². The smallest absolute Gasteiger partial charge is 0.306 e. The third kappa shape index (κ3) is 45.6. The van der Waals surface area contributed by atoms with Gasteiger partial charge >= 0.3 is 11.9 Å². The Morgan fingerprint density at radius 3 is 1.39 bits per heavy atom. The van der Waals surface area contributed by atoms with E-state index in [1.807, 2.05) is 21.1 Å². The average molecular weight is 854 g/mol. The number of rotatable bonds is 44. The van der Waals surface area contributed by atoms with Crippen molar-refractivity contribution in [3.05, 3.63) is 36.5 Å². The van der Waals surface area contributed by atoms with Crippen LogP contribution in [0.1, 0.15) is 213 Å². The Labute approximate surface area is 363 Å². The van der Waals surface area contributed by atoms with E-state index in [0.717, 1.165) is 64.2 Å². The number of quaternary nitrogens is 1. The van der Waals surface area contributed by atoms with Gasteiger partial charge in [0, 0.05) is 12.8 Å². The molecule has 0 aliphatic rings. The lowest BCUT2D eigenvalue weighted by molar-refractivity contribution is -0.870. The molecule has 0 aromatic heterocycles. The molecular formula is C49H92NO8P. The number of esters is 2. The van der Waals surface area contributed by atoms with Gasteiger partial charge in [0.15, 0.2) is 6.10 Å². The third-order valence-corrected chi connectivity index (χ3v) is 11.3. The van der Waals surface area contributed by atoms with Gasteiger partial charge in [0.1, 0.15) is 19.8 Å². The zero-order valence-corrected chi connectivity index (χ0v) is 39.8. The molecule has 0 aromatic rings. The van der Waals surface area contributed by atoms with Crippen LogP contribution in [-0.4, -0.2) is 70.0 Å². The van der Waals surface area contributed by atoms with E-state index in [0.29, 0.717) is 17.4 Å². The van der Waals surface area contributed by atoms with Crippen LogP contribution in [-0.2, 0) is 32.7 Å². The first-order chi connectivity index (χ1) is 28.5. The Morgan fingerprint density at radius 1 is 0.525 bits per heavy atom. The number of carbonyl (C=O) groups excluding carboxylic acids is 2. The molecule has 0 amide bonds. The molecule has 0 rings (SSSR count). The summed E-state index contributed by atoms with van der Waals surface area (Å²) in [6.07, 6.45) is 47.3. The number of allylic oxidation sites excluding steroid dienone is 6. The van der Waals surface area contributed by atoms with Crippen molar-refractivity contribution in [2.75, 3.05) is 47.5 Å². The fraction of sp³-hybridized carbons (Fsp3) is 0.837. The first-order valence-corrected chi connectivity index (χ1v) is 25.7. The Balaban J connectivity index is 4.30. The van der Waals surface area contributed by atoms with Crippen molar-refractivity contribution >= 4 is 19.8 Å². The van der Waals surface area contributed by atoms with E-state index in [9.17, 15) is 19.0 Å². The summed E-state index contributed by atoms with van der Waals surface area (Å²) in [6.45, 7) is 4.20. The molecule has 346 valence electrons. The highest BCUT2D eigenvalue weighted by Gasteiger charge is 2.21. The van der Waals surface area contributed by atoms with Gasteiger partial charge in [-0.15, -0.1) is 0 Å². The highest BCUT2D eigenvalue weighted by Crippen LogP contribution is 2.38. The van der Waals surface area contributed by atoms with Crippen LogP contribution >= 0.6 is 7.82 Å². The summed E-state index contributed by atoms with van der Waals surface area (Å²) in [7, 11) is 1.16. The zero-order chi connectivity index (χ0) is 43.6. The van der Waals surface area contributed by atoms with Crippen LogP contribution in [0.4, 0.5) is 0 Å². The van der Waals surface area contributed by atoms with E-state index in [-0.39, 0.29) is 32.0 Å². The number of nitrogens with zero attached hydrogens (tertiary/aromatic N) is 1. The van der Waals surface area contributed by atoms with Crippen LogP contribution in [0.5, 0.6) is 0 Å². The summed E-state index contributed by atoms with van der Waals surface area (Å²) in [6, 6.07) is 0. The molecule has 0 radical (unpaired) electrons. The highest BCUT2D eigenvalue weighted by atomic mass is 31.2. The van der Waals surface area contributed by atoms with Gasteiger partial charge in [-0.1, -0.05) is 166 Å². The minimum absolute atomic E-state index is 0.0329. The van der Waals surface area contributed by atoms with Crippen molar-refractivity contribution < 1.29 is 42.1 Å². The van der Waals surface area contributed by atoms with Gasteiger partial charge in [0.25, 0.3) is 7.82 Å². The number of phosphoric acid groups is 1. The summed E-state index contributed by atoms with van der Waals surface area (Å²) >= 11 is 0. The van der Waals surface area contributed by atoms with Crippen LogP contribution in [0.2, 0.25) is 0 Å². The zero-order valence-electron chi connectivity index (χ0n) is 39.0. The molecule has 0 heterocycles. The molecular weight excluding hydrogens is 762 g/mol. The van der Waals surface area contributed by atoms with E-state index >= 15 is 0 Å². The van der Waals surface area contributed by atoms with Gasteiger partial charge in [0.2, 0.25) is 0 Å². The SMILES string of the molecule is CCCCC/C=C\C/C=C\CCCCCCCCCCCC(=O)OC[C@H](COP(=O)([O-])OCC[N+](C)(C)C)OC(=O)CCCCCCC/C=C\CCCCCCCCC. The Kier molecular flexibility index (Phi) is 40.3. The van der Waals surface area contributed by atoms with Crippen molar-refractivity contribution in [2.24, 2.45) is 0 Å². The normalized spacial score (nSPS) is 13.8. The van der Waals surface area contributed by atoms with E-state index in [1.165, 1.54) is 116 Å². The molecule has 0 aliphatic carbocycles. The minimum atomic E-state index is -4.63. The Bertz CT molecular complexity index is 1100. The number of carbonyl (C=O) groups is 2. The van der Waals surface area contributed by atoms with Crippen molar-refractivity contribution in [1.82, 2.24) is 0 Å². The molecule has 0 aliphatic heterocycles. The van der Waals surface area contributed by atoms with Crippen LogP contribution < -0.4 is 4.89 Å². The molecule has 2 atom stereocenters.